The van der Waals surface area contributed by atoms with Gasteiger partial charge in [-0.3, -0.25) is 0 Å². The first-order valence-corrected chi connectivity index (χ1v) is 9.60. The van der Waals surface area contributed by atoms with Crippen LogP contribution in [-0.4, -0.2) is 64.5 Å². The molecule has 154 valence electrons. The molecule has 0 aromatic heterocycles. The molecule has 1 saturated heterocycles. The zero-order valence-electron chi connectivity index (χ0n) is 16.6. The second-order valence-electron chi connectivity index (χ2n) is 6.80. The zero-order valence-corrected chi connectivity index (χ0v) is 16.6. The Bertz CT molecular complexity index is 881. The number of ether oxygens (including phenoxy) is 4. The third kappa shape index (κ3) is 4.11. The molecule has 2 aromatic carbocycles. The summed E-state index contributed by atoms with van der Waals surface area (Å²) in [6, 6.07) is 11.1. The Morgan fingerprint density at radius 1 is 0.931 bits per heavy atom. The molecule has 2 aliphatic heterocycles. The highest BCUT2D eigenvalue weighted by Crippen LogP contribution is 2.34. The van der Waals surface area contributed by atoms with Crippen molar-refractivity contribution in [2.24, 2.45) is 0 Å². The van der Waals surface area contributed by atoms with E-state index in [9.17, 15) is 4.79 Å². The summed E-state index contributed by atoms with van der Waals surface area (Å²) in [5, 5.41) is 2.95. The Morgan fingerprint density at radius 3 is 2.41 bits per heavy atom. The number of nitrogens with zero attached hydrogens (tertiary/aromatic N) is 2. The molecule has 8 nitrogen and oxygen atoms in total. The Balaban J connectivity index is 1.36. The molecular formula is C21H25N3O5. The van der Waals surface area contributed by atoms with Gasteiger partial charge < -0.3 is 34.1 Å². The minimum absolute atomic E-state index is 0.122. The molecular weight excluding hydrogens is 374 g/mol. The van der Waals surface area contributed by atoms with Crippen molar-refractivity contribution < 1.29 is 23.7 Å². The number of carbonyl (C=O) groups is 1. The van der Waals surface area contributed by atoms with Crippen LogP contribution in [0.1, 0.15) is 0 Å². The maximum absolute atomic E-state index is 12.7. The monoisotopic (exact) mass is 399 g/mol. The molecule has 0 unspecified atom stereocenters. The summed E-state index contributed by atoms with van der Waals surface area (Å²) in [4.78, 5) is 16.7. The minimum atomic E-state index is -0.122. The van der Waals surface area contributed by atoms with Crippen LogP contribution in [-0.2, 0) is 0 Å². The molecule has 1 fully saturated rings. The standard InChI is InChI=1S/C21H25N3O5/c1-26-16-4-5-17(19(14-16)27-2)23-7-9-24(10-8-23)21(25)22-15-3-6-18-20(13-15)29-12-11-28-18/h3-6,13-14H,7-12H2,1-2H3,(H,22,25). The molecule has 2 aromatic rings. The summed E-state index contributed by atoms with van der Waals surface area (Å²) in [6.07, 6.45) is 0. The zero-order chi connectivity index (χ0) is 20.2. The van der Waals surface area contributed by atoms with Gasteiger partial charge in [-0.15, -0.1) is 0 Å². The third-order valence-corrected chi connectivity index (χ3v) is 5.09. The second kappa shape index (κ2) is 8.38. The number of hydrogen-bond donors (Lipinski definition) is 1. The quantitative estimate of drug-likeness (QED) is 0.853. The minimum Gasteiger partial charge on any atom is -0.497 e. The lowest BCUT2D eigenvalue weighted by Crippen LogP contribution is -2.50. The Labute approximate surface area is 169 Å². The van der Waals surface area contributed by atoms with Gasteiger partial charge in [0.15, 0.2) is 11.5 Å². The van der Waals surface area contributed by atoms with E-state index in [0.29, 0.717) is 43.5 Å². The molecule has 2 amide bonds. The van der Waals surface area contributed by atoms with E-state index in [0.717, 1.165) is 30.3 Å². The lowest BCUT2D eigenvalue weighted by atomic mass is 10.2. The number of benzene rings is 2. The number of nitrogens with one attached hydrogen (secondary N) is 1. The van der Waals surface area contributed by atoms with Crippen LogP contribution in [0, 0.1) is 0 Å². The van der Waals surface area contributed by atoms with Gasteiger partial charge in [-0.05, 0) is 24.3 Å². The van der Waals surface area contributed by atoms with Gasteiger partial charge in [-0.2, -0.15) is 0 Å². The molecule has 0 aliphatic carbocycles. The van der Waals surface area contributed by atoms with Crippen LogP contribution >= 0.6 is 0 Å². The molecule has 0 saturated carbocycles. The first-order valence-electron chi connectivity index (χ1n) is 9.60. The van der Waals surface area contributed by atoms with Crippen LogP contribution in [0.15, 0.2) is 36.4 Å². The number of urea groups is 1. The fourth-order valence-electron chi connectivity index (χ4n) is 3.52. The highest BCUT2D eigenvalue weighted by atomic mass is 16.6. The van der Waals surface area contributed by atoms with Crippen LogP contribution < -0.4 is 29.2 Å². The molecule has 4 rings (SSSR count). The number of piperazine rings is 1. The number of carbonyl (C=O) groups excluding carboxylic acids is 1. The van der Waals surface area contributed by atoms with Crippen LogP contribution in [0.5, 0.6) is 23.0 Å². The maximum Gasteiger partial charge on any atom is 0.321 e. The van der Waals surface area contributed by atoms with Crippen molar-refractivity contribution in [3.63, 3.8) is 0 Å². The van der Waals surface area contributed by atoms with Crippen LogP contribution in [0.4, 0.5) is 16.2 Å². The summed E-state index contributed by atoms with van der Waals surface area (Å²) in [6.45, 7) is 3.73. The largest absolute Gasteiger partial charge is 0.497 e. The van der Waals surface area contributed by atoms with Gasteiger partial charge in [-0.25, -0.2) is 4.79 Å². The number of fused-ring (bicyclic) bond motifs is 1. The van der Waals surface area contributed by atoms with Gasteiger partial charge in [0.05, 0.1) is 19.9 Å². The number of methoxy groups -OCH3 is 2. The second-order valence-corrected chi connectivity index (χ2v) is 6.80. The predicted molar refractivity (Wildman–Crippen MR) is 110 cm³/mol. The summed E-state index contributed by atoms with van der Waals surface area (Å²) < 4.78 is 21.9. The van der Waals surface area contributed by atoms with E-state index in [2.05, 4.69) is 10.2 Å². The fraction of sp³-hybridized carbons (Fsp3) is 0.381. The Morgan fingerprint density at radius 2 is 1.69 bits per heavy atom. The lowest BCUT2D eigenvalue weighted by Gasteiger charge is -2.36. The summed E-state index contributed by atoms with van der Waals surface area (Å²) >= 11 is 0. The lowest BCUT2D eigenvalue weighted by molar-refractivity contribution is 0.171. The van der Waals surface area contributed by atoms with Gasteiger partial charge in [-0.1, -0.05) is 0 Å². The Hall–Kier alpha value is -3.29. The topological polar surface area (TPSA) is 72.5 Å². The summed E-state index contributed by atoms with van der Waals surface area (Å²) in [5.41, 5.74) is 1.69. The van der Waals surface area contributed by atoms with Crippen LogP contribution in [0.2, 0.25) is 0 Å². The van der Waals surface area contributed by atoms with Crippen molar-refractivity contribution in [3.05, 3.63) is 36.4 Å². The van der Waals surface area contributed by atoms with Gasteiger partial charge >= 0.3 is 6.03 Å². The molecule has 0 radical (unpaired) electrons. The fourth-order valence-corrected chi connectivity index (χ4v) is 3.52. The van der Waals surface area contributed by atoms with Gasteiger partial charge in [0.2, 0.25) is 0 Å². The highest BCUT2D eigenvalue weighted by Gasteiger charge is 2.24. The molecule has 29 heavy (non-hydrogen) atoms. The number of hydrogen-bond acceptors (Lipinski definition) is 6. The van der Waals surface area contributed by atoms with E-state index in [1.54, 1.807) is 20.3 Å². The van der Waals surface area contributed by atoms with E-state index in [1.165, 1.54) is 0 Å². The summed E-state index contributed by atoms with van der Waals surface area (Å²) in [5.74, 6) is 2.88. The van der Waals surface area contributed by atoms with E-state index in [-0.39, 0.29) is 6.03 Å². The Kier molecular flexibility index (Phi) is 5.50. The molecule has 0 spiro atoms. The van der Waals surface area contributed by atoms with Crippen molar-refractivity contribution in [2.75, 3.05) is 63.8 Å². The first kappa shape index (κ1) is 19.0. The SMILES string of the molecule is COc1ccc(N2CCN(C(=O)Nc3ccc4c(c3)OCCO4)CC2)c(OC)c1. The van der Waals surface area contributed by atoms with Gasteiger partial charge in [0.25, 0.3) is 0 Å². The van der Waals surface area contributed by atoms with E-state index in [1.807, 2.05) is 35.2 Å². The molecule has 0 bridgehead atoms. The van der Waals surface area contributed by atoms with Crippen molar-refractivity contribution >= 4 is 17.4 Å². The first-order chi connectivity index (χ1) is 14.2. The average Bonchev–Trinajstić information content (AvgIpc) is 2.78. The summed E-state index contributed by atoms with van der Waals surface area (Å²) in [7, 11) is 3.28. The van der Waals surface area contributed by atoms with Crippen molar-refractivity contribution in [1.82, 2.24) is 4.90 Å². The smallest absolute Gasteiger partial charge is 0.321 e. The van der Waals surface area contributed by atoms with E-state index < -0.39 is 0 Å². The van der Waals surface area contributed by atoms with Crippen LogP contribution in [0.25, 0.3) is 0 Å². The highest BCUT2D eigenvalue weighted by molar-refractivity contribution is 5.90. The molecule has 0 atom stereocenters. The van der Waals surface area contributed by atoms with Crippen molar-refractivity contribution in [2.45, 2.75) is 0 Å². The average molecular weight is 399 g/mol. The molecule has 2 aliphatic rings. The predicted octanol–water partition coefficient (Wildman–Crippen LogP) is 2.83. The molecule has 8 heteroatoms. The van der Waals surface area contributed by atoms with Gasteiger partial charge in [0, 0.05) is 44.0 Å². The van der Waals surface area contributed by atoms with Gasteiger partial charge in [0.1, 0.15) is 24.7 Å². The number of anilines is 2. The van der Waals surface area contributed by atoms with Crippen molar-refractivity contribution in [1.29, 1.82) is 0 Å². The molecule has 1 N–H and O–H groups in total. The van der Waals surface area contributed by atoms with E-state index in [4.69, 9.17) is 18.9 Å². The third-order valence-electron chi connectivity index (χ3n) is 5.09. The number of amides is 2. The van der Waals surface area contributed by atoms with Crippen molar-refractivity contribution in [3.8, 4) is 23.0 Å². The maximum atomic E-state index is 12.7. The normalized spacial score (nSPS) is 15.7. The number of rotatable bonds is 4. The molecule has 2 heterocycles. The van der Waals surface area contributed by atoms with E-state index >= 15 is 0 Å². The van der Waals surface area contributed by atoms with Crippen LogP contribution in [0.3, 0.4) is 0 Å².